The Hall–Kier alpha value is -2.02. The quantitative estimate of drug-likeness (QED) is 0.212. The van der Waals surface area contributed by atoms with Crippen LogP contribution in [0.15, 0.2) is 46.8 Å². The van der Waals surface area contributed by atoms with Crippen LogP contribution in [0.25, 0.3) is 0 Å². The van der Waals surface area contributed by atoms with Crippen molar-refractivity contribution in [3.05, 3.63) is 52.2 Å². The van der Waals surface area contributed by atoms with Crippen molar-refractivity contribution in [2.75, 3.05) is 13.1 Å². The zero-order valence-corrected chi connectivity index (χ0v) is 17.8. The maximum absolute atomic E-state index is 12.1. The Morgan fingerprint density at radius 2 is 1.82 bits per heavy atom. The lowest BCUT2D eigenvalue weighted by Crippen LogP contribution is -2.34. The zero-order valence-electron chi connectivity index (χ0n) is 14.7. The second-order valence-corrected chi connectivity index (χ2v) is 6.35. The van der Waals surface area contributed by atoms with Crippen LogP contribution in [-0.2, 0) is 6.54 Å². The van der Waals surface area contributed by atoms with Crippen molar-refractivity contribution in [3.63, 3.8) is 0 Å². The van der Waals surface area contributed by atoms with E-state index < -0.39 is 6.36 Å². The summed E-state index contributed by atoms with van der Waals surface area (Å²) in [5, 5.41) is 7.54. The first-order valence-corrected chi connectivity index (χ1v) is 8.91. The summed E-state index contributed by atoms with van der Waals surface area (Å²) in [5.74, 6) is -0.175. The first-order valence-electron chi connectivity index (χ1n) is 8.04. The molecule has 1 amide bonds. The fourth-order valence-electron chi connectivity index (χ4n) is 2.03. The van der Waals surface area contributed by atoms with E-state index in [1.807, 2.05) is 11.4 Å². The number of carbonyl (C=O) groups is 1. The number of alkyl halides is 3. The van der Waals surface area contributed by atoms with Crippen LogP contribution < -0.4 is 21.1 Å². The molecule has 1 aromatic carbocycles. The Morgan fingerprint density at radius 1 is 1.14 bits per heavy atom. The number of benzene rings is 1. The average molecular weight is 528 g/mol. The van der Waals surface area contributed by atoms with Gasteiger partial charge in [-0.2, -0.15) is 0 Å². The Labute approximate surface area is 181 Å². The zero-order chi connectivity index (χ0) is 19.7. The van der Waals surface area contributed by atoms with Crippen molar-refractivity contribution in [1.82, 2.24) is 10.6 Å². The lowest BCUT2D eigenvalue weighted by Gasteiger charge is -2.09. The number of thiophene rings is 1. The molecule has 0 saturated heterocycles. The molecule has 0 fully saturated rings. The largest absolute Gasteiger partial charge is 0.573 e. The number of rotatable bonds is 8. The van der Waals surface area contributed by atoms with Crippen LogP contribution in [0.2, 0.25) is 0 Å². The molecule has 2 rings (SSSR count). The number of amides is 1. The molecule has 0 aliphatic carbocycles. The third kappa shape index (κ3) is 9.26. The van der Waals surface area contributed by atoms with Gasteiger partial charge in [0, 0.05) is 13.1 Å². The fourth-order valence-corrected chi connectivity index (χ4v) is 2.67. The summed E-state index contributed by atoms with van der Waals surface area (Å²) >= 11 is 1.38. The van der Waals surface area contributed by atoms with E-state index in [0.29, 0.717) is 30.0 Å². The minimum absolute atomic E-state index is 0. The van der Waals surface area contributed by atoms with Crippen LogP contribution in [0.5, 0.6) is 5.75 Å². The molecule has 154 valence electrons. The highest BCUT2D eigenvalue weighted by molar-refractivity contribution is 14.0. The molecule has 1 aromatic heterocycles. The molecule has 0 aliphatic heterocycles. The lowest BCUT2D eigenvalue weighted by atomic mass is 10.2. The van der Waals surface area contributed by atoms with Gasteiger partial charge in [0.1, 0.15) is 5.75 Å². The van der Waals surface area contributed by atoms with Crippen LogP contribution in [0, 0.1) is 0 Å². The number of halogens is 4. The lowest BCUT2D eigenvalue weighted by molar-refractivity contribution is -0.274. The van der Waals surface area contributed by atoms with E-state index in [-0.39, 0.29) is 48.1 Å². The van der Waals surface area contributed by atoms with Crippen LogP contribution in [0.3, 0.4) is 0 Å². The Morgan fingerprint density at radius 3 is 2.43 bits per heavy atom. The van der Waals surface area contributed by atoms with E-state index in [1.165, 1.54) is 35.6 Å². The van der Waals surface area contributed by atoms with Crippen molar-refractivity contribution in [1.29, 1.82) is 0 Å². The van der Waals surface area contributed by atoms with Crippen molar-refractivity contribution >= 4 is 47.2 Å². The molecule has 28 heavy (non-hydrogen) atoms. The summed E-state index contributed by atoms with van der Waals surface area (Å²) in [4.78, 5) is 16.5. The van der Waals surface area contributed by atoms with Gasteiger partial charge in [0.25, 0.3) is 5.91 Å². The smallest absolute Gasteiger partial charge is 0.406 e. The van der Waals surface area contributed by atoms with E-state index in [9.17, 15) is 18.0 Å². The van der Waals surface area contributed by atoms with E-state index in [0.717, 1.165) is 0 Å². The predicted octanol–water partition coefficient (Wildman–Crippen LogP) is 3.49. The molecule has 2 aromatic rings. The number of hydrogen-bond acceptors (Lipinski definition) is 4. The van der Waals surface area contributed by atoms with Crippen molar-refractivity contribution in [3.8, 4) is 5.75 Å². The van der Waals surface area contributed by atoms with Gasteiger partial charge in [-0.3, -0.25) is 4.79 Å². The molecule has 11 heteroatoms. The molecule has 1 heterocycles. The highest BCUT2D eigenvalue weighted by Gasteiger charge is 2.30. The predicted molar refractivity (Wildman–Crippen MR) is 113 cm³/mol. The van der Waals surface area contributed by atoms with Gasteiger partial charge < -0.3 is 21.1 Å². The van der Waals surface area contributed by atoms with E-state index in [1.54, 1.807) is 6.07 Å². The normalized spacial score (nSPS) is 11.5. The molecule has 0 saturated carbocycles. The Kier molecular flexibility index (Phi) is 10.1. The van der Waals surface area contributed by atoms with Gasteiger partial charge in [-0.05, 0) is 35.6 Å². The van der Waals surface area contributed by atoms with Gasteiger partial charge in [-0.1, -0.05) is 18.2 Å². The highest BCUT2D eigenvalue weighted by Crippen LogP contribution is 2.22. The van der Waals surface area contributed by atoms with Gasteiger partial charge in [-0.15, -0.1) is 48.5 Å². The molecule has 4 N–H and O–H groups in total. The summed E-state index contributed by atoms with van der Waals surface area (Å²) in [6.45, 7) is 1.25. The number of ether oxygens (including phenoxy) is 1. The number of nitrogens with one attached hydrogen (secondary N) is 2. The SMILES string of the molecule is I.NC(=NCc1ccc(OC(F)(F)F)cc1)NCCCNC(=O)c1cccs1. The summed E-state index contributed by atoms with van der Waals surface area (Å²) in [6, 6.07) is 8.98. The van der Waals surface area contributed by atoms with Crippen LogP contribution in [0.1, 0.15) is 21.7 Å². The second-order valence-electron chi connectivity index (χ2n) is 5.41. The number of hydrogen-bond donors (Lipinski definition) is 3. The van der Waals surface area contributed by atoms with Crippen LogP contribution in [-0.4, -0.2) is 31.3 Å². The van der Waals surface area contributed by atoms with Gasteiger partial charge in [0.2, 0.25) is 0 Å². The first kappa shape index (κ1) is 24.0. The van der Waals surface area contributed by atoms with Crippen molar-refractivity contribution in [2.24, 2.45) is 10.7 Å². The van der Waals surface area contributed by atoms with Crippen LogP contribution in [0.4, 0.5) is 13.2 Å². The molecule has 0 atom stereocenters. The van der Waals surface area contributed by atoms with E-state index >= 15 is 0 Å². The number of aliphatic imine (C=N–C) groups is 1. The third-order valence-electron chi connectivity index (χ3n) is 3.28. The molecule has 0 aliphatic rings. The molecule has 0 unspecified atom stereocenters. The highest BCUT2D eigenvalue weighted by atomic mass is 127. The fraction of sp³-hybridized carbons (Fsp3) is 0.294. The first-order chi connectivity index (χ1) is 12.8. The number of guanidine groups is 1. The standard InChI is InChI=1S/C17H19F3N4O2S.HI/c18-17(19,20)26-13-6-4-12(5-7-13)11-24-16(21)23-9-2-8-22-15(25)14-3-1-10-27-14;/h1,3-7,10H,2,8-9,11H2,(H,22,25)(H3,21,23,24);1H. The van der Waals surface area contributed by atoms with Gasteiger partial charge in [0.05, 0.1) is 11.4 Å². The molecular formula is C17H20F3IN4O2S. The van der Waals surface area contributed by atoms with Gasteiger partial charge in [-0.25, -0.2) is 4.99 Å². The number of nitrogens with two attached hydrogens (primary N) is 1. The summed E-state index contributed by atoms with van der Waals surface area (Å²) in [6.07, 6.45) is -4.05. The minimum Gasteiger partial charge on any atom is -0.406 e. The molecular weight excluding hydrogens is 508 g/mol. The van der Waals surface area contributed by atoms with E-state index in [4.69, 9.17) is 5.73 Å². The van der Waals surface area contributed by atoms with Crippen LogP contribution >= 0.6 is 35.3 Å². The third-order valence-corrected chi connectivity index (χ3v) is 4.15. The summed E-state index contributed by atoms with van der Waals surface area (Å²) in [7, 11) is 0. The molecule has 0 spiro atoms. The topological polar surface area (TPSA) is 88.7 Å². The van der Waals surface area contributed by atoms with Crippen molar-refractivity contribution in [2.45, 2.75) is 19.3 Å². The van der Waals surface area contributed by atoms with E-state index in [2.05, 4.69) is 20.4 Å². The average Bonchev–Trinajstić information content (AvgIpc) is 3.14. The molecule has 0 radical (unpaired) electrons. The second kappa shape index (κ2) is 11.7. The molecule has 0 bridgehead atoms. The Bertz CT molecular complexity index is 753. The molecule has 6 nitrogen and oxygen atoms in total. The number of carbonyl (C=O) groups excluding carboxylic acids is 1. The maximum Gasteiger partial charge on any atom is 0.573 e. The minimum atomic E-state index is -4.71. The Balaban J connectivity index is 0.00000392. The maximum atomic E-state index is 12.1. The summed E-state index contributed by atoms with van der Waals surface area (Å²) < 4.78 is 40.1. The number of nitrogens with zero attached hydrogens (tertiary/aromatic N) is 1. The van der Waals surface area contributed by atoms with Crippen molar-refractivity contribution < 1.29 is 22.7 Å². The summed E-state index contributed by atoms with van der Waals surface area (Å²) in [5.41, 5.74) is 6.43. The van der Waals surface area contributed by atoms with Gasteiger partial charge >= 0.3 is 6.36 Å². The monoisotopic (exact) mass is 528 g/mol. The van der Waals surface area contributed by atoms with Gasteiger partial charge in [0.15, 0.2) is 5.96 Å².